The number of carbonyl (C=O) groups excluding carboxylic acids is 3. The number of aliphatic hydroxyl groups is 1. The molecule has 0 spiro atoms. The number of aryl methyl sites for hydroxylation is 1. The van der Waals surface area contributed by atoms with Crippen LogP contribution in [0.2, 0.25) is 0 Å². The fourth-order valence-corrected chi connectivity index (χ4v) is 4.93. The van der Waals surface area contributed by atoms with Crippen molar-refractivity contribution in [3.63, 3.8) is 0 Å². The van der Waals surface area contributed by atoms with Gasteiger partial charge in [0.2, 0.25) is 0 Å². The van der Waals surface area contributed by atoms with Gasteiger partial charge in [-0.25, -0.2) is 14.2 Å². The molecule has 192 valence electrons. The molecule has 0 saturated carbocycles. The average Bonchev–Trinajstić information content (AvgIpc) is 3.40. The maximum Gasteiger partial charge on any atom is 0.350 e. The second-order valence-corrected chi connectivity index (χ2v) is 9.20. The lowest BCUT2D eigenvalue weighted by molar-refractivity contribution is -0.132. The van der Waals surface area contributed by atoms with Crippen molar-refractivity contribution in [2.45, 2.75) is 33.2 Å². The van der Waals surface area contributed by atoms with E-state index in [-0.39, 0.29) is 22.2 Å². The smallest absolute Gasteiger partial charge is 0.350 e. The van der Waals surface area contributed by atoms with Crippen molar-refractivity contribution in [3.05, 3.63) is 81.6 Å². The van der Waals surface area contributed by atoms with Crippen molar-refractivity contribution in [2.24, 2.45) is 0 Å². The van der Waals surface area contributed by atoms with Crippen LogP contribution >= 0.6 is 11.3 Å². The van der Waals surface area contributed by atoms with Gasteiger partial charge in [0.1, 0.15) is 22.2 Å². The van der Waals surface area contributed by atoms with Gasteiger partial charge in [-0.15, -0.1) is 0 Å². The quantitative estimate of drug-likeness (QED) is 0.187. The van der Waals surface area contributed by atoms with Gasteiger partial charge in [0.15, 0.2) is 5.13 Å². The summed E-state index contributed by atoms with van der Waals surface area (Å²) < 4.78 is 24.4. The van der Waals surface area contributed by atoms with Crippen LogP contribution in [0.15, 0.2) is 54.1 Å². The zero-order valence-corrected chi connectivity index (χ0v) is 21.3. The van der Waals surface area contributed by atoms with E-state index in [1.165, 1.54) is 24.3 Å². The van der Waals surface area contributed by atoms with Gasteiger partial charge in [-0.05, 0) is 62.2 Å². The molecule has 0 bridgehead atoms. The van der Waals surface area contributed by atoms with Gasteiger partial charge in [0, 0.05) is 5.56 Å². The zero-order chi connectivity index (χ0) is 26.7. The van der Waals surface area contributed by atoms with E-state index >= 15 is 0 Å². The normalized spacial score (nSPS) is 16.8. The first-order valence-corrected chi connectivity index (χ1v) is 12.5. The molecular formula is C27H25FN2O6S. The Kier molecular flexibility index (Phi) is 7.68. The van der Waals surface area contributed by atoms with E-state index in [4.69, 9.17) is 9.47 Å². The van der Waals surface area contributed by atoms with E-state index in [9.17, 15) is 23.9 Å². The molecule has 1 fully saturated rings. The number of ether oxygens (including phenoxy) is 2. The molecular weight excluding hydrogens is 499 g/mol. The largest absolute Gasteiger partial charge is 0.507 e. The summed E-state index contributed by atoms with van der Waals surface area (Å²) in [6.45, 7) is 5.94. The number of hydrogen-bond acceptors (Lipinski definition) is 8. The molecule has 8 nitrogen and oxygen atoms in total. The lowest BCUT2D eigenvalue weighted by Crippen LogP contribution is -2.29. The molecule has 1 N–H and O–H groups in total. The number of nitrogens with zero attached hydrogens (tertiary/aromatic N) is 2. The van der Waals surface area contributed by atoms with Crippen molar-refractivity contribution in [1.82, 2.24) is 4.98 Å². The Hall–Kier alpha value is -4.05. The molecule has 1 saturated heterocycles. The van der Waals surface area contributed by atoms with Crippen LogP contribution in [0.4, 0.5) is 9.52 Å². The van der Waals surface area contributed by atoms with Gasteiger partial charge in [-0.1, -0.05) is 30.4 Å². The highest BCUT2D eigenvalue weighted by Gasteiger charge is 2.48. The Morgan fingerprint density at radius 1 is 1.11 bits per heavy atom. The predicted octanol–water partition coefficient (Wildman–Crippen LogP) is 5.18. The molecule has 3 aromatic rings. The van der Waals surface area contributed by atoms with Gasteiger partial charge >= 0.3 is 11.9 Å². The Morgan fingerprint density at radius 2 is 1.78 bits per heavy atom. The number of esters is 1. The number of Topliss-reactive ketones (excluding diaryl/α,β-unsaturated/α-hetero) is 1. The van der Waals surface area contributed by atoms with Gasteiger partial charge in [-0.2, -0.15) is 0 Å². The molecule has 0 unspecified atom stereocenters. The third-order valence-electron chi connectivity index (χ3n) is 5.68. The summed E-state index contributed by atoms with van der Waals surface area (Å²) in [6, 6.07) is 10.6. The van der Waals surface area contributed by atoms with E-state index in [1.54, 1.807) is 38.1 Å². The lowest BCUT2D eigenvalue weighted by Gasteiger charge is -2.23. The number of aliphatic hydroxyl groups excluding tert-OH is 1. The van der Waals surface area contributed by atoms with E-state index in [0.29, 0.717) is 29.2 Å². The molecule has 4 rings (SSSR count). The molecule has 2 aromatic carbocycles. The maximum atomic E-state index is 13.7. The number of halogens is 1. The Bertz CT molecular complexity index is 1360. The van der Waals surface area contributed by atoms with Crippen LogP contribution in [0.5, 0.6) is 5.75 Å². The van der Waals surface area contributed by atoms with Crippen LogP contribution in [0, 0.1) is 12.7 Å². The first-order chi connectivity index (χ1) is 17.8. The molecule has 1 aliphatic heterocycles. The Morgan fingerprint density at radius 3 is 2.41 bits per heavy atom. The molecule has 37 heavy (non-hydrogen) atoms. The van der Waals surface area contributed by atoms with Gasteiger partial charge < -0.3 is 14.6 Å². The highest BCUT2D eigenvalue weighted by Crippen LogP contribution is 2.44. The molecule has 1 amide bonds. The fraction of sp³-hybridized carbons (Fsp3) is 0.259. The van der Waals surface area contributed by atoms with Crippen molar-refractivity contribution >= 4 is 39.9 Å². The van der Waals surface area contributed by atoms with Crippen LogP contribution in [0.1, 0.15) is 52.8 Å². The number of thiazole rings is 1. The highest BCUT2D eigenvalue weighted by molar-refractivity contribution is 7.17. The highest BCUT2D eigenvalue weighted by atomic mass is 32.1. The molecule has 2 heterocycles. The minimum Gasteiger partial charge on any atom is -0.507 e. The number of carbonyl (C=O) groups is 3. The summed E-state index contributed by atoms with van der Waals surface area (Å²) in [7, 11) is 0. The van der Waals surface area contributed by atoms with Crippen LogP contribution in [-0.4, -0.2) is 41.0 Å². The topological polar surface area (TPSA) is 106 Å². The van der Waals surface area contributed by atoms with E-state index < -0.39 is 35.3 Å². The zero-order valence-electron chi connectivity index (χ0n) is 20.5. The molecule has 0 aliphatic carbocycles. The van der Waals surface area contributed by atoms with Gasteiger partial charge in [0.05, 0.1) is 30.5 Å². The number of benzene rings is 2. The summed E-state index contributed by atoms with van der Waals surface area (Å²) in [6.07, 6.45) is 0.830. The average molecular weight is 525 g/mol. The molecule has 1 aromatic heterocycles. The predicted molar refractivity (Wildman–Crippen MR) is 136 cm³/mol. The number of amides is 1. The summed E-state index contributed by atoms with van der Waals surface area (Å²) >= 11 is 0.904. The lowest BCUT2D eigenvalue weighted by atomic mass is 9.95. The summed E-state index contributed by atoms with van der Waals surface area (Å²) in [5.41, 5.74) is 0.845. The minimum absolute atomic E-state index is 0.0827. The molecule has 0 radical (unpaired) electrons. The summed E-state index contributed by atoms with van der Waals surface area (Å²) in [4.78, 5) is 44.6. The van der Waals surface area contributed by atoms with Gasteiger partial charge in [0.25, 0.3) is 5.78 Å². The van der Waals surface area contributed by atoms with Crippen molar-refractivity contribution in [2.75, 3.05) is 18.1 Å². The van der Waals surface area contributed by atoms with Crippen LogP contribution in [0.25, 0.3) is 5.76 Å². The Balaban J connectivity index is 1.84. The first kappa shape index (κ1) is 26.0. The number of rotatable bonds is 8. The van der Waals surface area contributed by atoms with E-state index in [2.05, 4.69) is 4.98 Å². The van der Waals surface area contributed by atoms with Crippen LogP contribution in [-0.2, 0) is 14.3 Å². The molecule has 10 heteroatoms. The van der Waals surface area contributed by atoms with Gasteiger partial charge in [-0.3, -0.25) is 14.5 Å². The number of ketones is 1. The van der Waals surface area contributed by atoms with Crippen LogP contribution in [0.3, 0.4) is 0 Å². The second-order valence-electron chi connectivity index (χ2n) is 8.22. The van der Waals surface area contributed by atoms with Crippen molar-refractivity contribution < 1.29 is 33.4 Å². The fourth-order valence-electron chi connectivity index (χ4n) is 3.95. The van der Waals surface area contributed by atoms with Crippen molar-refractivity contribution in [3.8, 4) is 5.75 Å². The Labute approximate surface area is 217 Å². The molecule has 1 aliphatic rings. The minimum atomic E-state index is -1.10. The number of hydrogen-bond donors (Lipinski definition) is 1. The van der Waals surface area contributed by atoms with E-state index in [0.717, 1.165) is 22.7 Å². The first-order valence-electron chi connectivity index (χ1n) is 11.7. The summed E-state index contributed by atoms with van der Waals surface area (Å²) in [5.74, 6) is -2.75. The number of aromatic nitrogens is 1. The third-order valence-corrected chi connectivity index (χ3v) is 6.82. The maximum absolute atomic E-state index is 13.7. The van der Waals surface area contributed by atoms with Crippen LogP contribution < -0.4 is 9.64 Å². The standard InChI is InChI=1S/C27H25FN2O6S/c1-4-14-36-19-12-8-17(9-13-19)22(31)20-21(16-6-10-18(28)11-7-16)30(25(33)23(20)32)27-29-15(3)24(37-27)26(34)35-5-2/h6-13,21,31H,4-5,14H2,1-3H3/t21-/m1/s1. The second kappa shape index (κ2) is 10.9. The number of anilines is 1. The van der Waals surface area contributed by atoms with E-state index in [1.807, 2.05) is 6.92 Å². The molecule has 1 atom stereocenters. The van der Waals surface area contributed by atoms with Crippen molar-refractivity contribution in [1.29, 1.82) is 0 Å². The third kappa shape index (κ3) is 5.10. The SMILES string of the molecule is CCCOc1ccc(C(O)=C2C(=O)C(=O)N(c3nc(C)c(C(=O)OCC)s3)[C@@H]2c2ccc(F)cc2)cc1. The summed E-state index contributed by atoms with van der Waals surface area (Å²) in [5, 5.41) is 11.3. The monoisotopic (exact) mass is 524 g/mol.